The van der Waals surface area contributed by atoms with E-state index >= 15 is 0 Å². The minimum absolute atomic E-state index is 0.117. The van der Waals surface area contributed by atoms with Gasteiger partial charge < -0.3 is 24.5 Å². The van der Waals surface area contributed by atoms with Crippen molar-refractivity contribution in [1.82, 2.24) is 9.97 Å². The van der Waals surface area contributed by atoms with Crippen LogP contribution in [0.2, 0.25) is 0 Å². The molecule has 2 N–H and O–H groups in total. The molecule has 7 nitrogen and oxygen atoms in total. The van der Waals surface area contributed by atoms with Crippen LogP contribution in [-0.4, -0.2) is 42.5 Å². The van der Waals surface area contributed by atoms with Crippen molar-refractivity contribution in [3.8, 4) is 39.8 Å². The van der Waals surface area contributed by atoms with Crippen molar-refractivity contribution in [3.63, 3.8) is 0 Å². The molecule has 1 heterocycles. The summed E-state index contributed by atoms with van der Waals surface area (Å²) in [4.78, 5) is 21.1. The highest BCUT2D eigenvalue weighted by molar-refractivity contribution is 8.00. The van der Waals surface area contributed by atoms with Gasteiger partial charge in [-0.1, -0.05) is 11.8 Å². The number of hydrogen-bond donors (Lipinski definition) is 2. The van der Waals surface area contributed by atoms with E-state index in [2.05, 4.69) is 10.3 Å². The zero-order valence-corrected chi connectivity index (χ0v) is 20.8. The lowest BCUT2D eigenvalue weighted by Gasteiger charge is -2.11. The number of aromatic nitrogens is 2. The van der Waals surface area contributed by atoms with E-state index in [1.165, 1.54) is 11.8 Å². The minimum Gasteiger partial charge on any atom is -0.497 e. The summed E-state index contributed by atoms with van der Waals surface area (Å²) in [7, 11) is 4.89. The van der Waals surface area contributed by atoms with E-state index in [-0.39, 0.29) is 11.2 Å². The predicted octanol–water partition coefficient (Wildman–Crippen LogP) is 5.89. The van der Waals surface area contributed by atoms with E-state index in [9.17, 15) is 4.79 Å². The molecule has 180 valence electrons. The van der Waals surface area contributed by atoms with E-state index < -0.39 is 0 Å². The van der Waals surface area contributed by atoms with Gasteiger partial charge in [0.05, 0.1) is 38.0 Å². The molecular formula is C27H27N3O4S. The third-order valence-corrected chi connectivity index (χ3v) is 6.42. The second-order valence-corrected chi connectivity index (χ2v) is 9.03. The summed E-state index contributed by atoms with van der Waals surface area (Å²) < 4.78 is 15.8. The first-order valence-electron chi connectivity index (χ1n) is 11.0. The number of nitrogens with one attached hydrogen (secondary N) is 2. The summed E-state index contributed by atoms with van der Waals surface area (Å²) in [5, 5.41) is 3.21. The monoisotopic (exact) mass is 489 g/mol. The molecule has 0 aliphatic heterocycles. The van der Waals surface area contributed by atoms with Crippen molar-refractivity contribution < 1.29 is 19.0 Å². The highest BCUT2D eigenvalue weighted by Gasteiger charge is 2.20. The number of amides is 1. The van der Waals surface area contributed by atoms with Crippen LogP contribution in [0.25, 0.3) is 22.5 Å². The van der Waals surface area contributed by atoms with Gasteiger partial charge in [-0.15, -0.1) is 0 Å². The van der Waals surface area contributed by atoms with Gasteiger partial charge in [0.15, 0.2) is 5.16 Å². The van der Waals surface area contributed by atoms with E-state index in [1.54, 1.807) is 21.3 Å². The second-order valence-electron chi connectivity index (χ2n) is 7.70. The van der Waals surface area contributed by atoms with Gasteiger partial charge in [0.25, 0.3) is 0 Å². The van der Waals surface area contributed by atoms with Crippen molar-refractivity contribution in [2.24, 2.45) is 0 Å². The molecule has 0 spiro atoms. The highest BCUT2D eigenvalue weighted by atomic mass is 32.2. The van der Waals surface area contributed by atoms with Crippen LogP contribution in [-0.2, 0) is 4.79 Å². The Balaban J connectivity index is 1.58. The Morgan fingerprint density at radius 3 is 1.80 bits per heavy atom. The summed E-state index contributed by atoms with van der Waals surface area (Å²) in [6.45, 7) is 1.85. The molecule has 8 heteroatoms. The molecule has 35 heavy (non-hydrogen) atoms. The predicted molar refractivity (Wildman–Crippen MR) is 140 cm³/mol. The van der Waals surface area contributed by atoms with Crippen LogP contribution in [0.5, 0.6) is 17.2 Å². The number of hydrogen-bond acceptors (Lipinski definition) is 6. The molecule has 0 fully saturated rings. The van der Waals surface area contributed by atoms with Crippen molar-refractivity contribution in [1.29, 1.82) is 0 Å². The van der Waals surface area contributed by atoms with Crippen molar-refractivity contribution in [3.05, 3.63) is 72.8 Å². The maximum absolute atomic E-state index is 12.8. The zero-order valence-electron chi connectivity index (χ0n) is 20.0. The van der Waals surface area contributed by atoms with E-state index in [0.29, 0.717) is 10.8 Å². The lowest BCUT2D eigenvalue weighted by atomic mass is 10.0. The lowest BCUT2D eigenvalue weighted by Crippen LogP contribution is -2.22. The van der Waals surface area contributed by atoms with Crippen LogP contribution in [0.1, 0.15) is 6.92 Å². The fourth-order valence-corrected chi connectivity index (χ4v) is 4.28. The van der Waals surface area contributed by atoms with Gasteiger partial charge in [-0.05, 0) is 79.7 Å². The van der Waals surface area contributed by atoms with E-state index in [1.807, 2.05) is 79.7 Å². The topological polar surface area (TPSA) is 85.5 Å². The molecule has 0 saturated heterocycles. The number of ether oxygens (including phenoxy) is 3. The zero-order chi connectivity index (χ0) is 24.8. The van der Waals surface area contributed by atoms with Gasteiger partial charge in [-0.3, -0.25) is 4.79 Å². The van der Waals surface area contributed by atoms with E-state index in [0.717, 1.165) is 39.8 Å². The Hall–Kier alpha value is -3.91. The maximum Gasteiger partial charge on any atom is 0.237 e. The number of methoxy groups -OCH3 is 3. The molecule has 1 amide bonds. The van der Waals surface area contributed by atoms with Crippen molar-refractivity contribution >= 4 is 23.4 Å². The van der Waals surface area contributed by atoms with Gasteiger partial charge in [0, 0.05) is 16.8 Å². The molecule has 1 aromatic heterocycles. The second kappa shape index (κ2) is 11.0. The van der Waals surface area contributed by atoms with Crippen LogP contribution in [0.15, 0.2) is 78.0 Å². The van der Waals surface area contributed by atoms with Crippen LogP contribution in [0.4, 0.5) is 5.69 Å². The number of benzene rings is 3. The molecule has 4 rings (SSSR count). The number of carbonyl (C=O) groups excluding carboxylic acids is 1. The molecule has 0 bridgehead atoms. The number of H-pyrrole nitrogens is 1. The lowest BCUT2D eigenvalue weighted by molar-refractivity contribution is -0.115. The Morgan fingerprint density at radius 2 is 1.29 bits per heavy atom. The number of rotatable bonds is 9. The average molecular weight is 490 g/mol. The number of anilines is 1. The number of imidazole rings is 1. The summed E-state index contributed by atoms with van der Waals surface area (Å²) in [5.74, 6) is 2.16. The number of nitrogens with zero attached hydrogens (tertiary/aromatic N) is 1. The minimum atomic E-state index is -0.379. The standard InChI is InChI=1S/C27H27N3O4S/c1-17(26(31)28-20-9-15-23(34-4)16-10-20)35-27-29-24(18-5-11-21(32-2)12-6-18)25(30-27)19-7-13-22(33-3)14-8-19/h5-17H,1-4H3,(H,28,31)(H,29,30). The third-order valence-electron chi connectivity index (χ3n) is 5.44. The molecule has 0 radical (unpaired) electrons. The SMILES string of the molecule is COc1ccc(NC(=O)C(C)Sc2nc(-c3ccc(OC)cc3)c(-c3ccc(OC)cc3)[nH]2)cc1. The Bertz CT molecular complexity index is 1200. The fraction of sp³-hybridized carbons (Fsp3) is 0.185. The number of aromatic amines is 1. The molecular weight excluding hydrogens is 462 g/mol. The van der Waals surface area contributed by atoms with Crippen molar-refractivity contribution in [2.75, 3.05) is 26.6 Å². The Kier molecular flexibility index (Phi) is 7.62. The summed E-state index contributed by atoms with van der Waals surface area (Å²) in [6.07, 6.45) is 0. The molecule has 1 atom stereocenters. The quantitative estimate of drug-likeness (QED) is 0.285. The van der Waals surface area contributed by atoms with Crippen LogP contribution < -0.4 is 19.5 Å². The number of thioether (sulfide) groups is 1. The highest BCUT2D eigenvalue weighted by Crippen LogP contribution is 2.35. The first kappa shape index (κ1) is 24.2. The Labute approximate surface area is 208 Å². The van der Waals surface area contributed by atoms with Gasteiger partial charge in [-0.25, -0.2) is 4.98 Å². The average Bonchev–Trinajstić information content (AvgIpc) is 3.32. The van der Waals surface area contributed by atoms with Gasteiger partial charge in [0.2, 0.25) is 5.91 Å². The molecule has 0 aliphatic rings. The van der Waals surface area contributed by atoms with Gasteiger partial charge >= 0.3 is 0 Å². The third kappa shape index (κ3) is 5.78. The first-order valence-corrected chi connectivity index (χ1v) is 11.9. The van der Waals surface area contributed by atoms with Crippen LogP contribution >= 0.6 is 11.8 Å². The first-order chi connectivity index (χ1) is 17.0. The molecule has 0 saturated carbocycles. The largest absolute Gasteiger partial charge is 0.497 e. The Morgan fingerprint density at radius 1 is 0.800 bits per heavy atom. The summed E-state index contributed by atoms with van der Waals surface area (Å²) >= 11 is 1.37. The molecule has 1 unspecified atom stereocenters. The van der Waals surface area contributed by atoms with Gasteiger partial charge in [0.1, 0.15) is 17.2 Å². The molecule has 0 aliphatic carbocycles. The van der Waals surface area contributed by atoms with Gasteiger partial charge in [-0.2, -0.15) is 0 Å². The normalized spacial score (nSPS) is 11.5. The van der Waals surface area contributed by atoms with E-state index in [4.69, 9.17) is 19.2 Å². The molecule has 3 aromatic carbocycles. The maximum atomic E-state index is 12.8. The van der Waals surface area contributed by atoms with Crippen molar-refractivity contribution in [2.45, 2.75) is 17.3 Å². The summed E-state index contributed by atoms with van der Waals surface area (Å²) in [5.41, 5.74) is 4.27. The summed E-state index contributed by atoms with van der Waals surface area (Å²) in [6, 6.07) is 22.8. The smallest absolute Gasteiger partial charge is 0.237 e. The van der Waals surface area contributed by atoms with Crippen LogP contribution in [0.3, 0.4) is 0 Å². The fourth-order valence-electron chi connectivity index (χ4n) is 3.47. The van der Waals surface area contributed by atoms with Crippen LogP contribution in [0, 0.1) is 0 Å². The molecule has 4 aromatic rings. The number of carbonyl (C=O) groups is 1.